The summed E-state index contributed by atoms with van der Waals surface area (Å²) in [5, 5.41) is 9.30. The summed E-state index contributed by atoms with van der Waals surface area (Å²) in [6.45, 7) is 1.99. The van der Waals surface area contributed by atoms with Crippen molar-refractivity contribution in [1.82, 2.24) is 9.78 Å². The molecule has 0 unspecified atom stereocenters. The Morgan fingerprint density at radius 1 is 0.960 bits per heavy atom. The van der Waals surface area contributed by atoms with Gasteiger partial charge >= 0.3 is 0 Å². The number of nitrogens with one attached hydrogen (secondary N) is 1. The van der Waals surface area contributed by atoms with E-state index >= 15 is 0 Å². The lowest BCUT2D eigenvalue weighted by molar-refractivity contribution is 0.102. The first kappa shape index (κ1) is 15.1. The van der Waals surface area contributed by atoms with Crippen molar-refractivity contribution in [3.63, 3.8) is 0 Å². The largest absolute Gasteiger partial charge is 0.322 e. The molecule has 3 aromatic carbocycles. The fraction of sp³-hybridized carbons (Fsp3) is 0.0476. The van der Waals surface area contributed by atoms with E-state index in [9.17, 15) is 4.79 Å². The Morgan fingerprint density at radius 2 is 1.76 bits per heavy atom. The predicted molar refractivity (Wildman–Crippen MR) is 100 cm³/mol. The Labute approximate surface area is 145 Å². The second kappa shape index (κ2) is 6.24. The van der Waals surface area contributed by atoms with Crippen LogP contribution in [-0.2, 0) is 0 Å². The minimum absolute atomic E-state index is 0.119. The van der Waals surface area contributed by atoms with Crippen LogP contribution >= 0.6 is 0 Å². The number of carbonyl (C=O) groups excluding carboxylic acids is 1. The summed E-state index contributed by atoms with van der Waals surface area (Å²) in [4.78, 5) is 12.8. The number of anilines is 1. The number of fused-ring (bicyclic) bond motifs is 1. The monoisotopic (exact) mass is 327 g/mol. The second-order valence-corrected chi connectivity index (χ2v) is 5.92. The van der Waals surface area contributed by atoms with Crippen molar-refractivity contribution >= 4 is 22.4 Å². The van der Waals surface area contributed by atoms with E-state index in [1.807, 2.05) is 84.4 Å². The summed E-state index contributed by atoms with van der Waals surface area (Å²) < 4.78 is 1.84. The molecule has 0 bridgehead atoms. The molecule has 0 spiro atoms. The minimum Gasteiger partial charge on any atom is -0.322 e. The number of rotatable bonds is 3. The standard InChI is InChI=1S/C21H17N3O/c1-15-12-13-22-24(15)18-9-5-8-17(14-18)23-21(25)20-11-4-7-16-6-2-3-10-19(16)20/h2-14H,1H3,(H,23,25). The van der Waals surface area contributed by atoms with Crippen molar-refractivity contribution in [3.8, 4) is 5.69 Å². The number of hydrogen-bond acceptors (Lipinski definition) is 2. The molecule has 0 aliphatic carbocycles. The van der Waals surface area contributed by atoms with Gasteiger partial charge in [0.15, 0.2) is 0 Å². The first-order valence-corrected chi connectivity index (χ1v) is 8.12. The summed E-state index contributed by atoms with van der Waals surface area (Å²) in [5.41, 5.74) is 3.36. The third-order valence-electron chi connectivity index (χ3n) is 4.21. The second-order valence-electron chi connectivity index (χ2n) is 5.92. The van der Waals surface area contributed by atoms with Crippen LogP contribution in [0.4, 0.5) is 5.69 Å². The quantitative estimate of drug-likeness (QED) is 0.598. The first-order valence-electron chi connectivity index (χ1n) is 8.12. The zero-order valence-electron chi connectivity index (χ0n) is 13.8. The molecule has 4 aromatic rings. The van der Waals surface area contributed by atoms with Crippen LogP contribution in [0.15, 0.2) is 79.0 Å². The van der Waals surface area contributed by atoms with E-state index < -0.39 is 0 Å². The molecular formula is C21H17N3O. The molecule has 4 rings (SSSR count). The molecule has 0 aliphatic rings. The molecule has 0 saturated heterocycles. The van der Waals surface area contributed by atoms with E-state index in [0.717, 1.165) is 27.8 Å². The van der Waals surface area contributed by atoms with E-state index in [-0.39, 0.29) is 5.91 Å². The lowest BCUT2D eigenvalue weighted by atomic mass is 10.0. The van der Waals surface area contributed by atoms with Crippen LogP contribution in [0.2, 0.25) is 0 Å². The van der Waals surface area contributed by atoms with Crippen molar-refractivity contribution in [2.45, 2.75) is 6.92 Å². The van der Waals surface area contributed by atoms with Gasteiger partial charge in [-0.1, -0.05) is 42.5 Å². The smallest absolute Gasteiger partial charge is 0.256 e. The minimum atomic E-state index is -0.119. The number of nitrogens with zero attached hydrogens (tertiary/aromatic N) is 2. The zero-order chi connectivity index (χ0) is 17.2. The van der Waals surface area contributed by atoms with Gasteiger partial charge in [0.2, 0.25) is 0 Å². The highest BCUT2D eigenvalue weighted by molar-refractivity contribution is 6.12. The normalized spacial score (nSPS) is 10.8. The van der Waals surface area contributed by atoms with Crippen LogP contribution in [0, 0.1) is 6.92 Å². The molecule has 0 fully saturated rings. The van der Waals surface area contributed by atoms with Gasteiger partial charge in [0.25, 0.3) is 5.91 Å². The number of aryl methyl sites for hydroxylation is 1. The Morgan fingerprint density at radius 3 is 2.60 bits per heavy atom. The fourth-order valence-corrected chi connectivity index (χ4v) is 2.98. The van der Waals surface area contributed by atoms with Gasteiger partial charge < -0.3 is 5.32 Å². The third-order valence-corrected chi connectivity index (χ3v) is 4.21. The molecular weight excluding hydrogens is 310 g/mol. The topological polar surface area (TPSA) is 46.9 Å². The van der Waals surface area contributed by atoms with Gasteiger partial charge in [-0.05, 0) is 48.0 Å². The Hall–Kier alpha value is -3.40. The Bertz CT molecular complexity index is 1060. The molecule has 0 radical (unpaired) electrons. The molecule has 4 nitrogen and oxygen atoms in total. The Kier molecular flexibility index (Phi) is 3.78. The van der Waals surface area contributed by atoms with Crippen molar-refractivity contribution in [2.24, 2.45) is 0 Å². The molecule has 0 atom stereocenters. The van der Waals surface area contributed by atoms with Crippen LogP contribution in [0.25, 0.3) is 16.5 Å². The van der Waals surface area contributed by atoms with Gasteiger partial charge in [0.1, 0.15) is 0 Å². The molecule has 1 amide bonds. The molecule has 0 saturated carbocycles. The van der Waals surface area contributed by atoms with Gasteiger partial charge in [-0.25, -0.2) is 4.68 Å². The van der Waals surface area contributed by atoms with E-state index in [1.165, 1.54) is 0 Å². The highest BCUT2D eigenvalue weighted by Gasteiger charge is 2.10. The van der Waals surface area contributed by atoms with Gasteiger partial charge in [0, 0.05) is 23.1 Å². The lowest BCUT2D eigenvalue weighted by Gasteiger charge is -2.10. The maximum Gasteiger partial charge on any atom is 0.256 e. The summed E-state index contributed by atoms with van der Waals surface area (Å²) in [7, 11) is 0. The number of hydrogen-bond donors (Lipinski definition) is 1. The van der Waals surface area contributed by atoms with Gasteiger partial charge in [-0.15, -0.1) is 0 Å². The van der Waals surface area contributed by atoms with E-state index in [1.54, 1.807) is 6.20 Å². The van der Waals surface area contributed by atoms with Crippen LogP contribution in [0.5, 0.6) is 0 Å². The zero-order valence-corrected chi connectivity index (χ0v) is 13.8. The van der Waals surface area contributed by atoms with Crippen LogP contribution in [0.3, 0.4) is 0 Å². The molecule has 1 N–H and O–H groups in total. The average molecular weight is 327 g/mol. The number of aromatic nitrogens is 2. The maximum atomic E-state index is 12.8. The average Bonchev–Trinajstić information content (AvgIpc) is 3.07. The Balaban J connectivity index is 1.66. The van der Waals surface area contributed by atoms with Crippen LogP contribution < -0.4 is 5.32 Å². The van der Waals surface area contributed by atoms with Crippen molar-refractivity contribution < 1.29 is 4.79 Å². The van der Waals surface area contributed by atoms with E-state index in [2.05, 4.69) is 10.4 Å². The predicted octanol–water partition coefficient (Wildman–Crippen LogP) is 4.59. The molecule has 122 valence electrons. The van der Waals surface area contributed by atoms with Gasteiger partial charge in [-0.3, -0.25) is 4.79 Å². The van der Waals surface area contributed by atoms with E-state index in [0.29, 0.717) is 5.56 Å². The van der Waals surface area contributed by atoms with Crippen molar-refractivity contribution in [3.05, 3.63) is 90.3 Å². The maximum absolute atomic E-state index is 12.8. The van der Waals surface area contributed by atoms with Gasteiger partial charge in [-0.2, -0.15) is 5.10 Å². The lowest BCUT2D eigenvalue weighted by Crippen LogP contribution is -2.12. The summed E-state index contributed by atoms with van der Waals surface area (Å²) in [5.74, 6) is -0.119. The van der Waals surface area contributed by atoms with Gasteiger partial charge in [0.05, 0.1) is 5.69 Å². The van der Waals surface area contributed by atoms with E-state index in [4.69, 9.17) is 0 Å². The summed E-state index contributed by atoms with van der Waals surface area (Å²) in [6.07, 6.45) is 1.76. The van der Waals surface area contributed by atoms with Crippen LogP contribution in [0.1, 0.15) is 16.1 Å². The molecule has 1 aromatic heterocycles. The molecule has 1 heterocycles. The third kappa shape index (κ3) is 2.90. The first-order chi connectivity index (χ1) is 12.2. The SMILES string of the molecule is Cc1ccnn1-c1cccc(NC(=O)c2cccc3ccccc23)c1. The highest BCUT2D eigenvalue weighted by Crippen LogP contribution is 2.21. The number of amides is 1. The number of benzene rings is 3. The highest BCUT2D eigenvalue weighted by atomic mass is 16.1. The molecule has 4 heteroatoms. The summed E-state index contributed by atoms with van der Waals surface area (Å²) >= 11 is 0. The molecule has 0 aliphatic heterocycles. The van der Waals surface area contributed by atoms with Crippen molar-refractivity contribution in [1.29, 1.82) is 0 Å². The van der Waals surface area contributed by atoms with Crippen molar-refractivity contribution in [2.75, 3.05) is 5.32 Å². The summed E-state index contributed by atoms with van der Waals surface area (Å²) in [6, 6.07) is 23.3. The fourth-order valence-electron chi connectivity index (χ4n) is 2.98. The molecule has 25 heavy (non-hydrogen) atoms. The van der Waals surface area contributed by atoms with Crippen LogP contribution in [-0.4, -0.2) is 15.7 Å². The number of carbonyl (C=O) groups is 1.